The van der Waals surface area contributed by atoms with Gasteiger partial charge < -0.3 is 38.3 Å². The highest BCUT2D eigenvalue weighted by atomic mass is 16.5. The first-order chi connectivity index (χ1) is 17.7. The first kappa shape index (κ1) is 28.2. The number of anilines is 1. The molecule has 11 nitrogen and oxygen atoms in total. The number of hydrogen-bond acceptors (Lipinski definition) is 6. The summed E-state index contributed by atoms with van der Waals surface area (Å²) in [5.41, 5.74) is 22.9. The zero-order valence-corrected chi connectivity index (χ0v) is 21.4. The van der Waals surface area contributed by atoms with E-state index in [1.54, 1.807) is 18.2 Å². The zero-order valence-electron chi connectivity index (χ0n) is 21.4. The van der Waals surface area contributed by atoms with Crippen LogP contribution >= 0.6 is 0 Å². The van der Waals surface area contributed by atoms with Crippen molar-refractivity contribution in [2.45, 2.75) is 88.8 Å². The third kappa shape index (κ3) is 8.92. The van der Waals surface area contributed by atoms with Gasteiger partial charge in [-0.1, -0.05) is 32.1 Å². The number of carbonyl (C=O) groups excluding carboxylic acids is 3. The molecule has 2 aliphatic rings. The third-order valence-corrected chi connectivity index (χ3v) is 7.10. The number of aliphatic imine (C=N–C) groups is 1. The Labute approximate surface area is 218 Å². The van der Waals surface area contributed by atoms with Crippen LogP contribution in [0.25, 0.3) is 0 Å². The molecular formula is C26H41N7O4. The van der Waals surface area contributed by atoms with E-state index in [-0.39, 0.29) is 18.0 Å². The molecular weight excluding hydrogens is 474 g/mol. The second kappa shape index (κ2) is 13.8. The Bertz CT molecular complexity index is 970. The predicted octanol–water partition coefficient (Wildman–Crippen LogP) is 1.49. The maximum absolute atomic E-state index is 13.5. The lowest BCUT2D eigenvalue weighted by atomic mass is 9.84. The van der Waals surface area contributed by atoms with Crippen LogP contribution in [0.15, 0.2) is 23.2 Å². The average molecular weight is 516 g/mol. The van der Waals surface area contributed by atoms with E-state index in [9.17, 15) is 14.4 Å². The van der Waals surface area contributed by atoms with Crippen LogP contribution in [0.3, 0.4) is 0 Å². The first-order valence-electron chi connectivity index (χ1n) is 13.3. The molecule has 0 unspecified atom stereocenters. The fourth-order valence-corrected chi connectivity index (χ4v) is 4.68. The Morgan fingerprint density at radius 1 is 1.00 bits per heavy atom. The summed E-state index contributed by atoms with van der Waals surface area (Å²) in [5.74, 6) is -0.591. The molecule has 2 saturated carbocycles. The Morgan fingerprint density at radius 3 is 2.35 bits per heavy atom. The predicted molar refractivity (Wildman–Crippen MR) is 143 cm³/mol. The van der Waals surface area contributed by atoms with E-state index in [0.717, 1.165) is 44.9 Å². The maximum atomic E-state index is 13.5. The summed E-state index contributed by atoms with van der Waals surface area (Å²) < 4.78 is 6.04. The van der Waals surface area contributed by atoms with E-state index in [1.165, 1.54) is 6.42 Å². The van der Waals surface area contributed by atoms with Crippen LogP contribution in [0.4, 0.5) is 5.69 Å². The highest BCUT2D eigenvalue weighted by Crippen LogP contribution is 2.33. The van der Waals surface area contributed by atoms with Crippen LogP contribution in [-0.2, 0) is 9.59 Å². The number of guanidine groups is 1. The summed E-state index contributed by atoms with van der Waals surface area (Å²) in [5, 5.41) is 5.78. The standard InChI is InChI=1S/C26H41N7O4/c27-19(10-5-13-31-26(29)30)24(35)33-21(14-16-6-2-1-3-7-16)25(36)32-20-12-11-17(23(28)34)15-22(20)37-18-8-4-9-18/h11-12,15-16,18-19,21H,1-10,13-14,27H2,(H2,28,34)(H,32,36)(H,33,35)(H4,29,30,31)/t19-,21-/m0/s1. The summed E-state index contributed by atoms with van der Waals surface area (Å²) in [7, 11) is 0. The van der Waals surface area contributed by atoms with E-state index in [0.29, 0.717) is 48.7 Å². The summed E-state index contributed by atoms with van der Waals surface area (Å²) >= 11 is 0. The summed E-state index contributed by atoms with van der Waals surface area (Å²) in [6.45, 7) is 0.375. The van der Waals surface area contributed by atoms with Crippen molar-refractivity contribution in [3.8, 4) is 5.75 Å². The van der Waals surface area contributed by atoms with Gasteiger partial charge >= 0.3 is 0 Å². The van der Waals surface area contributed by atoms with Crippen LogP contribution in [-0.4, -0.2) is 48.4 Å². The molecule has 0 spiro atoms. The van der Waals surface area contributed by atoms with Crippen molar-refractivity contribution >= 4 is 29.4 Å². The van der Waals surface area contributed by atoms with Crippen molar-refractivity contribution in [3.63, 3.8) is 0 Å². The Morgan fingerprint density at radius 2 is 1.73 bits per heavy atom. The van der Waals surface area contributed by atoms with Gasteiger partial charge in [-0.25, -0.2) is 0 Å². The van der Waals surface area contributed by atoms with Gasteiger partial charge in [-0.05, 0) is 62.6 Å². The molecule has 2 fully saturated rings. The van der Waals surface area contributed by atoms with E-state index >= 15 is 0 Å². The molecule has 204 valence electrons. The quantitative estimate of drug-likeness (QED) is 0.130. The second-order valence-corrected chi connectivity index (χ2v) is 10.1. The fourth-order valence-electron chi connectivity index (χ4n) is 4.68. The van der Waals surface area contributed by atoms with Gasteiger partial charge in [0.05, 0.1) is 17.8 Å². The number of nitrogens with one attached hydrogen (secondary N) is 2. The fraction of sp³-hybridized carbons (Fsp3) is 0.615. The van der Waals surface area contributed by atoms with Crippen LogP contribution < -0.4 is 38.3 Å². The smallest absolute Gasteiger partial charge is 0.248 e. The lowest BCUT2D eigenvalue weighted by Crippen LogP contribution is -2.50. The van der Waals surface area contributed by atoms with E-state index < -0.39 is 23.9 Å². The number of carbonyl (C=O) groups is 3. The van der Waals surface area contributed by atoms with Crippen molar-refractivity contribution < 1.29 is 19.1 Å². The Kier molecular flexibility index (Phi) is 10.6. The van der Waals surface area contributed by atoms with E-state index in [2.05, 4.69) is 15.6 Å². The van der Waals surface area contributed by atoms with E-state index in [4.69, 9.17) is 27.7 Å². The molecule has 2 aliphatic carbocycles. The molecule has 0 heterocycles. The second-order valence-electron chi connectivity index (χ2n) is 10.1. The molecule has 10 N–H and O–H groups in total. The van der Waals surface area contributed by atoms with Gasteiger partial charge in [0.15, 0.2) is 5.96 Å². The molecule has 11 heteroatoms. The van der Waals surface area contributed by atoms with Crippen molar-refractivity contribution in [3.05, 3.63) is 23.8 Å². The molecule has 1 aromatic carbocycles. The molecule has 3 rings (SSSR count). The topological polar surface area (TPSA) is 201 Å². The largest absolute Gasteiger partial charge is 0.488 e. The van der Waals surface area contributed by atoms with Gasteiger partial charge in [0.2, 0.25) is 17.7 Å². The zero-order chi connectivity index (χ0) is 26.8. The Balaban J connectivity index is 1.70. The normalized spacial score (nSPS) is 17.6. The van der Waals surface area contributed by atoms with Crippen molar-refractivity contribution in [1.82, 2.24) is 5.32 Å². The van der Waals surface area contributed by atoms with Crippen LogP contribution in [0.1, 0.15) is 81.0 Å². The number of rotatable bonds is 13. The number of nitrogens with zero attached hydrogens (tertiary/aromatic N) is 1. The highest BCUT2D eigenvalue weighted by Gasteiger charge is 2.29. The lowest BCUT2D eigenvalue weighted by Gasteiger charge is -2.29. The molecule has 0 aromatic heterocycles. The van der Waals surface area contributed by atoms with Crippen LogP contribution in [0, 0.1) is 5.92 Å². The number of benzene rings is 1. The van der Waals surface area contributed by atoms with Crippen molar-refractivity contribution in [2.24, 2.45) is 33.8 Å². The van der Waals surface area contributed by atoms with E-state index in [1.807, 2.05) is 0 Å². The number of hydrogen-bond donors (Lipinski definition) is 6. The molecule has 0 bridgehead atoms. The molecule has 2 atom stereocenters. The van der Waals surface area contributed by atoms with Crippen molar-refractivity contribution in [1.29, 1.82) is 0 Å². The molecule has 0 aliphatic heterocycles. The summed E-state index contributed by atoms with van der Waals surface area (Å²) in [4.78, 5) is 41.9. The van der Waals surface area contributed by atoms with Gasteiger partial charge in [-0.3, -0.25) is 19.4 Å². The maximum Gasteiger partial charge on any atom is 0.248 e. The molecule has 1 aromatic rings. The molecule has 3 amide bonds. The van der Waals surface area contributed by atoms with Gasteiger partial charge in [0.1, 0.15) is 11.8 Å². The summed E-state index contributed by atoms with van der Waals surface area (Å²) in [6.07, 6.45) is 9.85. The minimum absolute atomic E-state index is 0.00763. The number of amides is 3. The average Bonchev–Trinajstić information content (AvgIpc) is 2.84. The first-order valence-corrected chi connectivity index (χ1v) is 13.3. The highest BCUT2D eigenvalue weighted by molar-refractivity contribution is 6.00. The lowest BCUT2D eigenvalue weighted by molar-refractivity contribution is -0.127. The minimum Gasteiger partial charge on any atom is -0.488 e. The minimum atomic E-state index is -0.789. The third-order valence-electron chi connectivity index (χ3n) is 7.10. The number of nitrogens with two attached hydrogens (primary N) is 4. The summed E-state index contributed by atoms with van der Waals surface area (Å²) in [6, 6.07) is 3.17. The van der Waals surface area contributed by atoms with Crippen molar-refractivity contribution in [2.75, 3.05) is 11.9 Å². The van der Waals surface area contributed by atoms with Gasteiger partial charge in [0.25, 0.3) is 0 Å². The monoisotopic (exact) mass is 515 g/mol. The Hall–Kier alpha value is -3.34. The molecule has 37 heavy (non-hydrogen) atoms. The molecule has 0 saturated heterocycles. The van der Waals surface area contributed by atoms with Gasteiger partial charge in [-0.2, -0.15) is 0 Å². The van der Waals surface area contributed by atoms with Gasteiger partial charge in [-0.15, -0.1) is 0 Å². The SMILES string of the molecule is NC(=O)c1ccc(NC(=O)[C@H](CC2CCCCC2)NC(=O)[C@@H](N)CCCN=C(N)N)c(OC2CCC2)c1. The molecule has 0 radical (unpaired) electrons. The number of ether oxygens (including phenoxy) is 1. The van der Waals surface area contributed by atoms with Crippen LogP contribution in [0.2, 0.25) is 0 Å². The van der Waals surface area contributed by atoms with Gasteiger partial charge in [0, 0.05) is 12.1 Å². The number of primary amides is 1. The van der Waals surface area contributed by atoms with Crippen LogP contribution in [0.5, 0.6) is 5.75 Å².